The SMILES string of the molecule is C[C@@]1(c2ccc(F)c(F)c2)NC(=O)N(CCS(C)(=O)=O)C1=O. The van der Waals surface area contributed by atoms with E-state index in [1.165, 1.54) is 13.0 Å². The molecule has 0 aliphatic carbocycles. The number of nitrogens with one attached hydrogen (secondary N) is 1. The highest BCUT2D eigenvalue weighted by atomic mass is 32.2. The number of carbonyl (C=O) groups excluding carboxylic acids is 2. The number of urea groups is 1. The largest absolute Gasteiger partial charge is 0.325 e. The molecule has 1 fully saturated rings. The average molecular weight is 332 g/mol. The smallest absolute Gasteiger partial charge is 0.319 e. The molecule has 0 aromatic heterocycles. The van der Waals surface area contributed by atoms with E-state index in [9.17, 15) is 26.8 Å². The highest BCUT2D eigenvalue weighted by Crippen LogP contribution is 2.29. The second kappa shape index (κ2) is 5.31. The van der Waals surface area contributed by atoms with Crippen LogP contribution in [-0.4, -0.2) is 43.8 Å². The van der Waals surface area contributed by atoms with Gasteiger partial charge in [-0.25, -0.2) is 22.0 Å². The lowest BCUT2D eigenvalue weighted by molar-refractivity contribution is -0.130. The number of amides is 3. The van der Waals surface area contributed by atoms with Gasteiger partial charge in [0.05, 0.1) is 5.75 Å². The van der Waals surface area contributed by atoms with Crippen LogP contribution in [0.4, 0.5) is 13.6 Å². The van der Waals surface area contributed by atoms with Crippen LogP contribution >= 0.6 is 0 Å². The van der Waals surface area contributed by atoms with Crippen molar-refractivity contribution in [3.8, 4) is 0 Å². The maximum Gasteiger partial charge on any atom is 0.325 e. The number of imide groups is 1. The van der Waals surface area contributed by atoms with Crippen LogP contribution in [0.1, 0.15) is 12.5 Å². The van der Waals surface area contributed by atoms with Gasteiger partial charge in [0.2, 0.25) is 0 Å². The fraction of sp³-hybridized carbons (Fsp3) is 0.385. The molecular weight excluding hydrogens is 318 g/mol. The third-order valence-corrected chi connectivity index (χ3v) is 4.38. The van der Waals surface area contributed by atoms with E-state index in [-0.39, 0.29) is 17.9 Å². The lowest BCUT2D eigenvalue weighted by Gasteiger charge is -2.22. The first-order valence-corrected chi connectivity index (χ1v) is 8.38. The Kier molecular flexibility index (Phi) is 3.94. The van der Waals surface area contributed by atoms with Gasteiger partial charge in [0.1, 0.15) is 15.4 Å². The van der Waals surface area contributed by atoms with Crippen molar-refractivity contribution in [2.45, 2.75) is 12.5 Å². The molecule has 1 N–H and O–H groups in total. The first-order valence-electron chi connectivity index (χ1n) is 6.32. The van der Waals surface area contributed by atoms with Crippen molar-refractivity contribution < 1.29 is 26.8 Å². The number of hydrogen-bond donors (Lipinski definition) is 1. The highest BCUT2D eigenvalue weighted by molar-refractivity contribution is 7.90. The van der Waals surface area contributed by atoms with E-state index >= 15 is 0 Å². The Labute approximate surface area is 126 Å². The van der Waals surface area contributed by atoms with Gasteiger partial charge in [-0.2, -0.15) is 0 Å². The quantitative estimate of drug-likeness (QED) is 0.826. The molecule has 22 heavy (non-hydrogen) atoms. The van der Waals surface area contributed by atoms with Crippen molar-refractivity contribution in [3.63, 3.8) is 0 Å². The Hall–Kier alpha value is -2.03. The molecule has 2 rings (SSSR count). The summed E-state index contributed by atoms with van der Waals surface area (Å²) < 4.78 is 48.6. The Morgan fingerprint density at radius 1 is 1.23 bits per heavy atom. The van der Waals surface area contributed by atoms with Crippen LogP contribution in [0.3, 0.4) is 0 Å². The van der Waals surface area contributed by atoms with Crippen LogP contribution in [-0.2, 0) is 20.2 Å². The third-order valence-electron chi connectivity index (χ3n) is 3.46. The first kappa shape index (κ1) is 16.3. The van der Waals surface area contributed by atoms with Crippen molar-refractivity contribution in [1.29, 1.82) is 0 Å². The molecule has 3 amide bonds. The van der Waals surface area contributed by atoms with Gasteiger partial charge in [-0.1, -0.05) is 6.07 Å². The van der Waals surface area contributed by atoms with E-state index in [1.807, 2.05) is 0 Å². The summed E-state index contributed by atoms with van der Waals surface area (Å²) in [7, 11) is -3.36. The molecule has 0 radical (unpaired) electrons. The predicted molar refractivity (Wildman–Crippen MR) is 73.7 cm³/mol. The van der Waals surface area contributed by atoms with Gasteiger partial charge >= 0.3 is 6.03 Å². The van der Waals surface area contributed by atoms with Gasteiger partial charge in [0.15, 0.2) is 11.6 Å². The molecule has 0 bridgehead atoms. The number of sulfone groups is 1. The monoisotopic (exact) mass is 332 g/mol. The van der Waals surface area contributed by atoms with Crippen molar-refractivity contribution >= 4 is 21.8 Å². The standard InChI is InChI=1S/C13H14F2N2O4S/c1-13(8-3-4-9(14)10(15)7-8)11(18)17(12(19)16-13)5-6-22(2,20)21/h3-4,7H,5-6H2,1-2H3,(H,16,19)/t13-/m0/s1. The van der Waals surface area contributed by atoms with E-state index in [1.54, 1.807) is 0 Å². The number of hydrogen-bond acceptors (Lipinski definition) is 4. The van der Waals surface area contributed by atoms with Gasteiger partial charge in [-0.15, -0.1) is 0 Å². The number of benzene rings is 1. The van der Waals surface area contributed by atoms with Crippen LogP contribution in [0.2, 0.25) is 0 Å². The van der Waals surface area contributed by atoms with Crippen molar-refractivity contribution in [1.82, 2.24) is 10.2 Å². The van der Waals surface area contributed by atoms with Crippen LogP contribution in [0.15, 0.2) is 18.2 Å². The van der Waals surface area contributed by atoms with Crippen molar-refractivity contribution in [3.05, 3.63) is 35.4 Å². The molecule has 9 heteroatoms. The van der Waals surface area contributed by atoms with E-state index in [0.29, 0.717) is 0 Å². The molecule has 1 aromatic carbocycles. The minimum Gasteiger partial charge on any atom is -0.319 e. The van der Waals surface area contributed by atoms with Crippen LogP contribution in [0, 0.1) is 11.6 Å². The molecule has 0 saturated carbocycles. The minimum absolute atomic E-state index is 0.0756. The predicted octanol–water partition coefficient (Wildman–Crippen LogP) is 0.776. The molecule has 6 nitrogen and oxygen atoms in total. The molecule has 1 aromatic rings. The maximum absolute atomic E-state index is 13.3. The van der Waals surface area contributed by atoms with Gasteiger partial charge in [-0.05, 0) is 24.6 Å². The van der Waals surface area contributed by atoms with Gasteiger partial charge < -0.3 is 5.32 Å². The number of rotatable bonds is 4. The summed E-state index contributed by atoms with van der Waals surface area (Å²) in [5, 5.41) is 2.38. The Morgan fingerprint density at radius 3 is 2.41 bits per heavy atom. The normalized spacial score (nSPS) is 22.1. The van der Waals surface area contributed by atoms with E-state index < -0.39 is 38.9 Å². The molecule has 1 atom stereocenters. The molecule has 0 unspecified atom stereocenters. The summed E-state index contributed by atoms with van der Waals surface area (Å²) in [6, 6.07) is 2.10. The summed E-state index contributed by atoms with van der Waals surface area (Å²) in [4.78, 5) is 25.0. The zero-order valence-electron chi connectivity index (χ0n) is 11.9. The Bertz CT molecular complexity index is 750. The maximum atomic E-state index is 13.3. The summed E-state index contributed by atoms with van der Waals surface area (Å²) in [5.41, 5.74) is -1.49. The third kappa shape index (κ3) is 2.94. The second-order valence-electron chi connectivity index (χ2n) is 5.27. The van der Waals surface area contributed by atoms with E-state index in [2.05, 4.69) is 5.32 Å². The molecule has 0 spiro atoms. The molecule has 1 aliphatic rings. The summed E-state index contributed by atoms with van der Waals surface area (Å²) in [6.45, 7) is 1.04. The van der Waals surface area contributed by atoms with Crippen LogP contribution in [0.5, 0.6) is 0 Å². The van der Waals surface area contributed by atoms with E-state index in [4.69, 9.17) is 0 Å². The van der Waals surface area contributed by atoms with Crippen molar-refractivity contribution in [2.75, 3.05) is 18.6 Å². The van der Waals surface area contributed by atoms with Crippen molar-refractivity contribution in [2.24, 2.45) is 0 Å². The van der Waals surface area contributed by atoms with Crippen LogP contribution < -0.4 is 5.32 Å². The summed E-state index contributed by atoms with van der Waals surface area (Å²) in [5.74, 6) is -3.31. The lowest BCUT2D eigenvalue weighted by Crippen LogP contribution is -2.41. The first-order chi connectivity index (χ1) is 10.0. The second-order valence-corrected chi connectivity index (χ2v) is 7.53. The Balaban J connectivity index is 2.31. The molecular formula is C13H14F2N2O4S. The fourth-order valence-electron chi connectivity index (χ4n) is 2.16. The lowest BCUT2D eigenvalue weighted by atomic mass is 9.92. The highest BCUT2D eigenvalue weighted by Gasteiger charge is 2.49. The average Bonchev–Trinajstić information content (AvgIpc) is 2.61. The van der Waals surface area contributed by atoms with E-state index in [0.717, 1.165) is 23.3 Å². The topological polar surface area (TPSA) is 83.6 Å². The zero-order valence-corrected chi connectivity index (χ0v) is 12.7. The summed E-state index contributed by atoms with van der Waals surface area (Å²) in [6.07, 6.45) is 0.986. The Morgan fingerprint density at radius 2 is 1.86 bits per heavy atom. The van der Waals surface area contributed by atoms with Gasteiger partial charge in [0, 0.05) is 12.8 Å². The van der Waals surface area contributed by atoms with Gasteiger partial charge in [0.25, 0.3) is 5.91 Å². The molecule has 120 valence electrons. The number of nitrogens with zero attached hydrogens (tertiary/aromatic N) is 1. The van der Waals surface area contributed by atoms with Gasteiger partial charge in [-0.3, -0.25) is 9.69 Å². The fourth-order valence-corrected chi connectivity index (χ4v) is 2.67. The molecule has 1 heterocycles. The molecule has 1 saturated heterocycles. The number of halogens is 2. The minimum atomic E-state index is -3.36. The summed E-state index contributed by atoms with van der Waals surface area (Å²) >= 11 is 0. The van der Waals surface area contributed by atoms with Crippen LogP contribution in [0.25, 0.3) is 0 Å². The zero-order chi connectivity index (χ0) is 16.7. The molecule has 1 aliphatic heterocycles. The number of carbonyl (C=O) groups is 2.